The number of aliphatic hydroxyl groups excluding tert-OH is 1. The minimum absolute atomic E-state index is 0.0885. The van der Waals surface area contributed by atoms with E-state index in [-0.39, 0.29) is 16.8 Å². The molecule has 0 spiro atoms. The molecule has 0 saturated carbocycles. The van der Waals surface area contributed by atoms with Gasteiger partial charge in [0.1, 0.15) is 0 Å². The summed E-state index contributed by atoms with van der Waals surface area (Å²) in [6.45, 7) is 7.48. The van der Waals surface area contributed by atoms with Crippen LogP contribution in [0.25, 0.3) is 0 Å². The highest BCUT2D eigenvalue weighted by atomic mass is 32.2. The SMILES string of the molecule is CC(O)CSC(C)(C)CC(C)C(=O)O. The maximum atomic E-state index is 10.7. The van der Waals surface area contributed by atoms with Gasteiger partial charge in [0, 0.05) is 10.5 Å². The van der Waals surface area contributed by atoms with Crippen LogP contribution in [0.2, 0.25) is 0 Å². The van der Waals surface area contributed by atoms with Crippen LogP contribution in [0.4, 0.5) is 0 Å². The van der Waals surface area contributed by atoms with E-state index in [2.05, 4.69) is 0 Å². The van der Waals surface area contributed by atoms with Crippen LogP contribution < -0.4 is 0 Å². The Morgan fingerprint density at radius 2 is 1.93 bits per heavy atom. The molecule has 2 unspecified atom stereocenters. The van der Waals surface area contributed by atoms with Crippen molar-refractivity contribution in [1.82, 2.24) is 0 Å². The number of carboxylic acids is 1. The number of hydrogen-bond donors (Lipinski definition) is 2. The van der Waals surface area contributed by atoms with E-state index in [9.17, 15) is 4.79 Å². The topological polar surface area (TPSA) is 57.5 Å². The molecule has 3 nitrogen and oxygen atoms in total. The lowest BCUT2D eigenvalue weighted by molar-refractivity contribution is -0.141. The summed E-state index contributed by atoms with van der Waals surface area (Å²) in [5.74, 6) is -0.429. The van der Waals surface area contributed by atoms with Gasteiger partial charge in [-0.3, -0.25) is 4.79 Å². The number of aliphatic carboxylic acids is 1. The second kappa shape index (κ2) is 5.61. The van der Waals surface area contributed by atoms with Gasteiger partial charge >= 0.3 is 5.97 Å². The third-order valence-corrected chi connectivity index (χ3v) is 3.53. The van der Waals surface area contributed by atoms with Gasteiger partial charge in [-0.1, -0.05) is 20.8 Å². The Morgan fingerprint density at radius 3 is 2.29 bits per heavy atom. The summed E-state index contributed by atoms with van der Waals surface area (Å²) in [4.78, 5) is 10.7. The smallest absolute Gasteiger partial charge is 0.306 e. The summed E-state index contributed by atoms with van der Waals surface area (Å²) in [5.41, 5.74) is 0. The highest BCUT2D eigenvalue weighted by Gasteiger charge is 2.25. The first-order valence-electron chi connectivity index (χ1n) is 4.79. The second-order valence-corrected chi connectivity index (χ2v) is 6.09. The van der Waals surface area contributed by atoms with Gasteiger partial charge in [-0.05, 0) is 13.3 Å². The van der Waals surface area contributed by atoms with Crippen molar-refractivity contribution in [2.75, 3.05) is 5.75 Å². The molecular weight excluding hydrogens is 200 g/mol. The van der Waals surface area contributed by atoms with Gasteiger partial charge in [-0.25, -0.2) is 0 Å². The minimum Gasteiger partial charge on any atom is -0.481 e. The van der Waals surface area contributed by atoms with Gasteiger partial charge in [-0.2, -0.15) is 11.8 Å². The quantitative estimate of drug-likeness (QED) is 0.718. The van der Waals surface area contributed by atoms with E-state index in [1.54, 1.807) is 25.6 Å². The van der Waals surface area contributed by atoms with Crippen molar-refractivity contribution in [2.45, 2.75) is 45.0 Å². The molecule has 0 rings (SSSR count). The van der Waals surface area contributed by atoms with Crippen molar-refractivity contribution in [3.63, 3.8) is 0 Å². The molecule has 2 atom stereocenters. The van der Waals surface area contributed by atoms with Crippen LogP contribution in [0.3, 0.4) is 0 Å². The van der Waals surface area contributed by atoms with Crippen molar-refractivity contribution < 1.29 is 15.0 Å². The van der Waals surface area contributed by atoms with Gasteiger partial charge in [-0.15, -0.1) is 0 Å². The summed E-state index contributed by atoms with van der Waals surface area (Å²) < 4.78 is -0.0885. The second-order valence-electron chi connectivity index (χ2n) is 4.36. The molecule has 0 bridgehead atoms. The lowest BCUT2D eigenvalue weighted by atomic mass is 9.98. The Morgan fingerprint density at radius 1 is 1.43 bits per heavy atom. The molecule has 0 fully saturated rings. The fraction of sp³-hybridized carbons (Fsp3) is 0.900. The Kier molecular flexibility index (Phi) is 5.52. The number of rotatable bonds is 6. The Balaban J connectivity index is 3.99. The predicted octanol–water partition coefficient (Wildman–Crippen LogP) is 1.99. The van der Waals surface area contributed by atoms with E-state index in [4.69, 9.17) is 10.2 Å². The van der Waals surface area contributed by atoms with Crippen molar-refractivity contribution in [3.05, 3.63) is 0 Å². The summed E-state index contributed by atoms with van der Waals surface area (Å²) >= 11 is 1.62. The molecule has 0 aromatic carbocycles. The van der Waals surface area contributed by atoms with E-state index in [1.165, 1.54) is 0 Å². The van der Waals surface area contributed by atoms with E-state index in [0.29, 0.717) is 12.2 Å². The first kappa shape index (κ1) is 13.8. The number of carboxylic acid groups (broad SMARTS) is 1. The predicted molar refractivity (Wildman–Crippen MR) is 59.6 cm³/mol. The molecular formula is C10H20O3S. The molecule has 14 heavy (non-hydrogen) atoms. The van der Waals surface area contributed by atoms with E-state index in [1.807, 2.05) is 13.8 Å². The highest BCUT2D eigenvalue weighted by molar-refractivity contribution is 8.00. The van der Waals surface area contributed by atoms with Crippen LogP contribution in [0.5, 0.6) is 0 Å². The third kappa shape index (κ3) is 6.27. The van der Waals surface area contributed by atoms with Crippen molar-refractivity contribution in [2.24, 2.45) is 5.92 Å². The standard InChI is InChI=1S/C10H20O3S/c1-7(9(12)13)5-10(3,4)14-6-8(2)11/h7-8,11H,5-6H2,1-4H3,(H,12,13). The lowest BCUT2D eigenvalue weighted by Gasteiger charge is -2.26. The molecule has 0 heterocycles. The molecule has 4 heteroatoms. The van der Waals surface area contributed by atoms with Gasteiger partial charge in [0.15, 0.2) is 0 Å². The summed E-state index contributed by atoms with van der Waals surface area (Å²) in [7, 11) is 0. The third-order valence-electron chi connectivity index (χ3n) is 1.93. The molecule has 2 N–H and O–H groups in total. The van der Waals surface area contributed by atoms with E-state index < -0.39 is 5.97 Å². The van der Waals surface area contributed by atoms with Crippen molar-refractivity contribution in [3.8, 4) is 0 Å². The molecule has 0 aliphatic heterocycles. The van der Waals surface area contributed by atoms with Gasteiger partial charge < -0.3 is 10.2 Å². The fourth-order valence-electron chi connectivity index (χ4n) is 1.23. The Bertz CT molecular complexity index is 190. The monoisotopic (exact) mass is 220 g/mol. The minimum atomic E-state index is -0.754. The Hall–Kier alpha value is -0.220. The molecule has 0 amide bonds. The maximum absolute atomic E-state index is 10.7. The van der Waals surface area contributed by atoms with Crippen LogP contribution in [0, 0.1) is 5.92 Å². The maximum Gasteiger partial charge on any atom is 0.306 e. The van der Waals surface area contributed by atoms with E-state index >= 15 is 0 Å². The zero-order valence-corrected chi connectivity index (χ0v) is 10.1. The van der Waals surface area contributed by atoms with Crippen LogP contribution in [0.15, 0.2) is 0 Å². The van der Waals surface area contributed by atoms with Crippen molar-refractivity contribution >= 4 is 17.7 Å². The lowest BCUT2D eigenvalue weighted by Crippen LogP contribution is -2.25. The zero-order chi connectivity index (χ0) is 11.4. The van der Waals surface area contributed by atoms with Crippen LogP contribution in [-0.2, 0) is 4.79 Å². The molecule has 0 saturated heterocycles. The Labute approximate surface area is 89.9 Å². The summed E-state index contributed by atoms with van der Waals surface area (Å²) in [6.07, 6.45) is 0.291. The summed E-state index contributed by atoms with van der Waals surface area (Å²) in [6, 6.07) is 0. The highest BCUT2D eigenvalue weighted by Crippen LogP contribution is 2.31. The average Bonchev–Trinajstić information content (AvgIpc) is 2.00. The molecule has 0 aromatic rings. The molecule has 0 radical (unpaired) electrons. The average molecular weight is 220 g/mol. The zero-order valence-electron chi connectivity index (χ0n) is 9.28. The van der Waals surface area contributed by atoms with Gasteiger partial charge in [0.25, 0.3) is 0 Å². The van der Waals surface area contributed by atoms with Crippen LogP contribution in [0.1, 0.15) is 34.1 Å². The number of carbonyl (C=O) groups is 1. The van der Waals surface area contributed by atoms with Gasteiger partial charge in [0.2, 0.25) is 0 Å². The van der Waals surface area contributed by atoms with Crippen LogP contribution in [-0.4, -0.2) is 32.8 Å². The number of hydrogen-bond acceptors (Lipinski definition) is 3. The number of aliphatic hydroxyl groups is 1. The van der Waals surface area contributed by atoms with E-state index in [0.717, 1.165) is 0 Å². The normalized spacial score (nSPS) is 16.4. The van der Waals surface area contributed by atoms with Crippen LogP contribution >= 0.6 is 11.8 Å². The summed E-state index contributed by atoms with van der Waals surface area (Å²) in [5, 5.41) is 17.9. The van der Waals surface area contributed by atoms with Crippen molar-refractivity contribution in [1.29, 1.82) is 0 Å². The van der Waals surface area contributed by atoms with Gasteiger partial charge in [0.05, 0.1) is 12.0 Å². The fourth-order valence-corrected chi connectivity index (χ4v) is 2.29. The largest absolute Gasteiger partial charge is 0.481 e. The molecule has 0 aromatic heterocycles. The molecule has 0 aliphatic carbocycles. The first-order chi connectivity index (χ1) is 6.24. The molecule has 0 aliphatic rings. The number of thioether (sulfide) groups is 1. The first-order valence-corrected chi connectivity index (χ1v) is 5.78. The molecule has 84 valence electrons.